The van der Waals surface area contributed by atoms with Crippen molar-refractivity contribution < 1.29 is 13.2 Å². The number of carbonyl (C=O) groups is 1. The van der Waals surface area contributed by atoms with E-state index in [0.717, 1.165) is 38.6 Å². The first kappa shape index (κ1) is 24.5. The Labute approximate surface area is 181 Å². The molecule has 1 amide bonds. The van der Waals surface area contributed by atoms with Crippen LogP contribution < -0.4 is 5.32 Å². The van der Waals surface area contributed by atoms with E-state index in [-0.39, 0.29) is 42.2 Å². The third kappa shape index (κ3) is 6.20. The fraction of sp³-hybridized carbons (Fsp3) is 0.889. The Kier molecular flexibility index (Phi) is 9.30. The molecule has 7 nitrogen and oxygen atoms in total. The Hall–Kier alpha value is -0.580. The highest BCUT2D eigenvalue weighted by atomic mass is 127. The van der Waals surface area contributed by atoms with Gasteiger partial charge in [-0.3, -0.25) is 4.79 Å². The molecule has 1 heterocycles. The van der Waals surface area contributed by atoms with Crippen LogP contribution in [0.25, 0.3) is 0 Å². The third-order valence-corrected chi connectivity index (χ3v) is 7.94. The number of aliphatic imine (C=N–C) groups is 1. The Bertz CT molecular complexity index is 629. The van der Waals surface area contributed by atoms with E-state index in [0.29, 0.717) is 25.0 Å². The highest BCUT2D eigenvalue weighted by molar-refractivity contribution is 14.0. The van der Waals surface area contributed by atoms with Crippen LogP contribution >= 0.6 is 24.0 Å². The number of hydrogen-bond donors (Lipinski definition) is 1. The Morgan fingerprint density at radius 3 is 2.41 bits per heavy atom. The van der Waals surface area contributed by atoms with Gasteiger partial charge in [0.05, 0.1) is 10.5 Å². The van der Waals surface area contributed by atoms with Gasteiger partial charge in [-0.15, -0.1) is 24.0 Å². The summed E-state index contributed by atoms with van der Waals surface area (Å²) >= 11 is 0. The summed E-state index contributed by atoms with van der Waals surface area (Å²) in [6.45, 7) is 5.95. The second kappa shape index (κ2) is 10.3. The summed E-state index contributed by atoms with van der Waals surface area (Å²) in [4.78, 5) is 20.0. The number of carbonyl (C=O) groups excluding carboxylic acids is 1. The quantitative estimate of drug-likeness (QED) is 0.351. The molecule has 0 aromatic rings. The average Bonchev–Trinajstić information content (AvgIpc) is 2.58. The molecule has 1 aliphatic carbocycles. The summed E-state index contributed by atoms with van der Waals surface area (Å²) in [5.74, 6) is 1.19. The van der Waals surface area contributed by atoms with Crippen molar-refractivity contribution in [2.24, 2.45) is 10.9 Å². The third-order valence-electron chi connectivity index (χ3n) is 5.36. The molecular weight excluding hydrogens is 479 g/mol. The second-order valence-electron chi connectivity index (χ2n) is 8.19. The van der Waals surface area contributed by atoms with E-state index in [1.807, 2.05) is 0 Å². The summed E-state index contributed by atoms with van der Waals surface area (Å²) in [6, 6.07) is 0. The minimum absolute atomic E-state index is 0. The first-order valence-electron chi connectivity index (χ1n) is 9.62. The van der Waals surface area contributed by atoms with Gasteiger partial charge in [-0.25, -0.2) is 13.4 Å². The van der Waals surface area contributed by atoms with E-state index in [4.69, 9.17) is 0 Å². The zero-order valence-corrected chi connectivity index (χ0v) is 20.2. The molecular formula is C18H35IN4O3S. The lowest BCUT2D eigenvalue weighted by molar-refractivity contribution is -0.127. The SMILES string of the molecule is CC(C)CNC(=NCC(=O)N(C)C)N1CCS(=O)(=O)C2(CCCCC2)C1.I. The van der Waals surface area contributed by atoms with Crippen LogP contribution in [0.3, 0.4) is 0 Å². The topological polar surface area (TPSA) is 82.1 Å². The van der Waals surface area contributed by atoms with E-state index >= 15 is 0 Å². The zero-order valence-electron chi connectivity index (χ0n) is 17.0. The number of hydrogen-bond acceptors (Lipinski definition) is 4. The Morgan fingerprint density at radius 1 is 1.22 bits per heavy atom. The zero-order chi connectivity index (χ0) is 19.4. The van der Waals surface area contributed by atoms with Crippen LogP contribution in [-0.4, -0.2) is 80.9 Å². The average molecular weight is 514 g/mol. The van der Waals surface area contributed by atoms with Gasteiger partial charge in [0.15, 0.2) is 15.8 Å². The smallest absolute Gasteiger partial charge is 0.243 e. The van der Waals surface area contributed by atoms with E-state index in [1.165, 1.54) is 4.90 Å². The number of nitrogens with zero attached hydrogens (tertiary/aromatic N) is 3. The van der Waals surface area contributed by atoms with Crippen LogP contribution in [-0.2, 0) is 14.6 Å². The predicted molar refractivity (Wildman–Crippen MR) is 120 cm³/mol. The molecule has 1 saturated heterocycles. The fourth-order valence-electron chi connectivity index (χ4n) is 3.67. The maximum absolute atomic E-state index is 12.8. The van der Waals surface area contributed by atoms with Crippen LogP contribution in [0.4, 0.5) is 0 Å². The largest absolute Gasteiger partial charge is 0.356 e. The molecule has 2 fully saturated rings. The maximum atomic E-state index is 12.8. The van der Waals surface area contributed by atoms with Crippen LogP contribution in [0, 0.1) is 5.92 Å². The van der Waals surface area contributed by atoms with Gasteiger partial charge in [-0.05, 0) is 18.8 Å². The Morgan fingerprint density at radius 2 is 1.85 bits per heavy atom. The highest BCUT2D eigenvalue weighted by Crippen LogP contribution is 2.38. The van der Waals surface area contributed by atoms with E-state index in [9.17, 15) is 13.2 Å². The lowest BCUT2D eigenvalue weighted by Gasteiger charge is -2.45. The van der Waals surface area contributed by atoms with Gasteiger partial charge in [-0.1, -0.05) is 33.1 Å². The van der Waals surface area contributed by atoms with Crippen molar-refractivity contribution in [2.75, 3.05) is 46.0 Å². The van der Waals surface area contributed by atoms with Crippen LogP contribution in [0.2, 0.25) is 0 Å². The van der Waals surface area contributed by atoms with Crippen molar-refractivity contribution in [3.63, 3.8) is 0 Å². The number of rotatable bonds is 4. The van der Waals surface area contributed by atoms with E-state index in [2.05, 4.69) is 29.1 Å². The standard InChI is InChI=1S/C18H34N4O3S.HI/c1-15(2)12-19-17(20-13-16(23)21(3)4)22-10-11-26(24,25)18(14-22)8-6-5-7-9-18;/h15H,5-14H2,1-4H3,(H,19,20);1H. The lowest BCUT2D eigenvalue weighted by Crippen LogP contribution is -2.60. The summed E-state index contributed by atoms with van der Waals surface area (Å²) in [6.07, 6.45) is 4.52. The molecule has 27 heavy (non-hydrogen) atoms. The van der Waals surface area contributed by atoms with Gasteiger partial charge in [0.2, 0.25) is 5.91 Å². The second-order valence-corrected chi connectivity index (χ2v) is 10.7. The normalized spacial score (nSPS) is 21.7. The number of nitrogens with one attached hydrogen (secondary N) is 1. The molecule has 0 bridgehead atoms. The molecule has 0 radical (unpaired) electrons. The molecule has 1 aliphatic heterocycles. The summed E-state index contributed by atoms with van der Waals surface area (Å²) in [7, 11) is 0.336. The fourth-order valence-corrected chi connectivity index (χ4v) is 5.82. The Balaban J connectivity index is 0.00000364. The first-order chi connectivity index (χ1) is 12.2. The molecule has 158 valence electrons. The minimum atomic E-state index is -3.09. The molecule has 1 spiro atoms. The molecule has 0 atom stereocenters. The van der Waals surface area contributed by atoms with Crippen LogP contribution in [0.1, 0.15) is 46.0 Å². The minimum Gasteiger partial charge on any atom is -0.356 e. The highest BCUT2D eigenvalue weighted by Gasteiger charge is 2.48. The predicted octanol–water partition coefficient (Wildman–Crippen LogP) is 1.73. The number of sulfone groups is 1. The summed E-state index contributed by atoms with van der Waals surface area (Å²) < 4.78 is 25.0. The number of guanidine groups is 1. The van der Waals surface area contributed by atoms with Crippen molar-refractivity contribution in [1.29, 1.82) is 0 Å². The van der Waals surface area contributed by atoms with Crippen molar-refractivity contribution in [3.05, 3.63) is 0 Å². The lowest BCUT2D eigenvalue weighted by atomic mass is 9.87. The van der Waals surface area contributed by atoms with Gasteiger partial charge in [-0.2, -0.15) is 0 Å². The molecule has 1 N–H and O–H groups in total. The number of likely N-dealkylation sites (N-methyl/N-ethyl adjacent to an activating group) is 1. The van der Waals surface area contributed by atoms with E-state index in [1.54, 1.807) is 14.1 Å². The van der Waals surface area contributed by atoms with Crippen molar-refractivity contribution >= 4 is 45.7 Å². The van der Waals surface area contributed by atoms with Crippen molar-refractivity contribution in [2.45, 2.75) is 50.7 Å². The molecule has 0 unspecified atom stereocenters. The summed E-state index contributed by atoms with van der Waals surface area (Å²) in [5.41, 5.74) is 0. The van der Waals surface area contributed by atoms with Gasteiger partial charge in [0, 0.05) is 33.7 Å². The van der Waals surface area contributed by atoms with Crippen molar-refractivity contribution in [1.82, 2.24) is 15.1 Å². The summed E-state index contributed by atoms with van der Waals surface area (Å²) in [5, 5.41) is 3.34. The van der Waals surface area contributed by atoms with Crippen LogP contribution in [0.5, 0.6) is 0 Å². The van der Waals surface area contributed by atoms with E-state index < -0.39 is 14.6 Å². The molecule has 2 aliphatic rings. The molecule has 9 heteroatoms. The van der Waals surface area contributed by atoms with Gasteiger partial charge in [0.1, 0.15) is 6.54 Å². The van der Waals surface area contributed by atoms with Crippen LogP contribution in [0.15, 0.2) is 4.99 Å². The maximum Gasteiger partial charge on any atom is 0.243 e. The van der Waals surface area contributed by atoms with Gasteiger partial charge in [0.25, 0.3) is 0 Å². The molecule has 0 aromatic carbocycles. The number of halogens is 1. The van der Waals surface area contributed by atoms with Gasteiger partial charge >= 0.3 is 0 Å². The van der Waals surface area contributed by atoms with Gasteiger partial charge < -0.3 is 15.1 Å². The molecule has 2 rings (SSSR count). The monoisotopic (exact) mass is 514 g/mol. The molecule has 0 aromatic heterocycles. The first-order valence-corrected chi connectivity index (χ1v) is 11.3. The number of amides is 1. The van der Waals surface area contributed by atoms with Crippen molar-refractivity contribution in [3.8, 4) is 0 Å². The molecule has 1 saturated carbocycles.